The Bertz CT molecular complexity index is 963. The van der Waals surface area contributed by atoms with E-state index < -0.39 is 0 Å². The van der Waals surface area contributed by atoms with Crippen LogP contribution < -0.4 is 5.32 Å². The van der Waals surface area contributed by atoms with E-state index in [0.29, 0.717) is 23.1 Å². The fourth-order valence-electron chi connectivity index (χ4n) is 2.69. The summed E-state index contributed by atoms with van der Waals surface area (Å²) in [6.07, 6.45) is 0.161. The van der Waals surface area contributed by atoms with Crippen LogP contribution in [-0.4, -0.2) is 34.8 Å². The SMILES string of the molecule is CCOC(=O)CCNC(=O)c1cc2c(C)nn(Cc3ccc(Cl)cc3)c2s1. The van der Waals surface area contributed by atoms with Gasteiger partial charge in [-0.05, 0) is 37.6 Å². The van der Waals surface area contributed by atoms with Gasteiger partial charge in [-0.25, -0.2) is 0 Å². The molecule has 1 amide bonds. The van der Waals surface area contributed by atoms with E-state index in [1.54, 1.807) is 6.92 Å². The average molecular weight is 406 g/mol. The van der Waals surface area contributed by atoms with Crippen molar-refractivity contribution in [1.82, 2.24) is 15.1 Å². The number of halogens is 1. The first-order valence-electron chi connectivity index (χ1n) is 8.63. The maximum atomic E-state index is 12.4. The first-order valence-corrected chi connectivity index (χ1v) is 9.82. The third-order valence-corrected chi connectivity index (χ3v) is 5.40. The molecule has 1 N–H and O–H groups in total. The average Bonchev–Trinajstić information content (AvgIpc) is 3.19. The van der Waals surface area contributed by atoms with Crippen LogP contribution >= 0.6 is 22.9 Å². The van der Waals surface area contributed by atoms with Gasteiger partial charge in [0.25, 0.3) is 5.91 Å². The second-order valence-electron chi connectivity index (χ2n) is 6.01. The molecule has 0 spiro atoms. The number of hydrogen-bond acceptors (Lipinski definition) is 5. The highest BCUT2D eigenvalue weighted by molar-refractivity contribution is 7.20. The van der Waals surface area contributed by atoms with Crippen LogP contribution in [0.5, 0.6) is 0 Å². The second-order valence-corrected chi connectivity index (χ2v) is 7.48. The summed E-state index contributed by atoms with van der Waals surface area (Å²) in [6.45, 7) is 4.87. The second kappa shape index (κ2) is 8.54. The topological polar surface area (TPSA) is 73.2 Å². The number of rotatable bonds is 7. The summed E-state index contributed by atoms with van der Waals surface area (Å²) < 4.78 is 6.75. The smallest absolute Gasteiger partial charge is 0.307 e. The molecule has 0 radical (unpaired) electrons. The van der Waals surface area contributed by atoms with Crippen molar-refractivity contribution >= 4 is 45.0 Å². The lowest BCUT2D eigenvalue weighted by Crippen LogP contribution is -2.25. The highest BCUT2D eigenvalue weighted by Gasteiger charge is 2.16. The Labute approximate surface area is 166 Å². The molecule has 27 heavy (non-hydrogen) atoms. The Kier molecular flexibility index (Phi) is 6.13. The number of aromatic nitrogens is 2. The quantitative estimate of drug-likeness (QED) is 0.607. The molecule has 0 saturated carbocycles. The van der Waals surface area contributed by atoms with Crippen LogP contribution in [0.2, 0.25) is 5.02 Å². The number of esters is 1. The molecule has 3 aromatic rings. The molecule has 0 bridgehead atoms. The first kappa shape index (κ1) is 19.4. The van der Waals surface area contributed by atoms with Crippen LogP contribution in [0.3, 0.4) is 0 Å². The van der Waals surface area contributed by atoms with Crippen LogP contribution in [0.25, 0.3) is 10.2 Å². The lowest BCUT2D eigenvalue weighted by Gasteiger charge is -2.04. The van der Waals surface area contributed by atoms with Crippen LogP contribution in [0.15, 0.2) is 30.3 Å². The molecule has 0 atom stereocenters. The number of carbonyl (C=O) groups is 2. The summed E-state index contributed by atoms with van der Waals surface area (Å²) in [6, 6.07) is 9.46. The number of hydrogen-bond donors (Lipinski definition) is 1. The highest BCUT2D eigenvalue weighted by atomic mass is 35.5. The van der Waals surface area contributed by atoms with E-state index in [2.05, 4.69) is 10.4 Å². The standard InChI is InChI=1S/C19H20ClN3O3S/c1-3-26-17(24)8-9-21-18(25)16-10-15-12(2)22-23(19(15)27-16)11-13-4-6-14(20)7-5-13/h4-7,10H,3,8-9,11H2,1-2H3,(H,21,25). The number of thiophene rings is 1. The van der Waals surface area contributed by atoms with Gasteiger partial charge in [0.15, 0.2) is 0 Å². The number of ether oxygens (including phenoxy) is 1. The van der Waals surface area contributed by atoms with Gasteiger partial charge in [-0.1, -0.05) is 23.7 Å². The van der Waals surface area contributed by atoms with E-state index >= 15 is 0 Å². The van der Waals surface area contributed by atoms with Crippen LogP contribution in [0.4, 0.5) is 0 Å². The minimum Gasteiger partial charge on any atom is -0.466 e. The van der Waals surface area contributed by atoms with Gasteiger partial charge in [0.2, 0.25) is 0 Å². The van der Waals surface area contributed by atoms with E-state index in [1.165, 1.54) is 11.3 Å². The Morgan fingerprint density at radius 1 is 1.30 bits per heavy atom. The van der Waals surface area contributed by atoms with Crippen LogP contribution in [-0.2, 0) is 16.1 Å². The van der Waals surface area contributed by atoms with Gasteiger partial charge in [0.05, 0.1) is 30.1 Å². The first-order chi connectivity index (χ1) is 13.0. The van der Waals surface area contributed by atoms with Crippen molar-refractivity contribution in [3.05, 3.63) is 51.5 Å². The molecule has 0 aliphatic rings. The zero-order valence-electron chi connectivity index (χ0n) is 15.1. The molecule has 0 fully saturated rings. The predicted octanol–water partition coefficient (Wildman–Crippen LogP) is 3.79. The van der Waals surface area contributed by atoms with Crippen molar-refractivity contribution in [2.75, 3.05) is 13.2 Å². The molecular formula is C19H20ClN3O3S. The summed E-state index contributed by atoms with van der Waals surface area (Å²) in [5.74, 6) is -0.512. The van der Waals surface area contributed by atoms with Crippen molar-refractivity contribution in [3.8, 4) is 0 Å². The van der Waals surface area contributed by atoms with Crippen LogP contribution in [0.1, 0.15) is 34.3 Å². The van der Waals surface area contributed by atoms with Crippen molar-refractivity contribution in [2.45, 2.75) is 26.8 Å². The Balaban J connectivity index is 1.72. The molecule has 0 aliphatic carbocycles. The number of carbonyl (C=O) groups excluding carboxylic acids is 2. The fraction of sp³-hybridized carbons (Fsp3) is 0.316. The number of nitrogens with zero attached hydrogens (tertiary/aromatic N) is 2. The van der Waals surface area contributed by atoms with Gasteiger partial charge < -0.3 is 10.1 Å². The van der Waals surface area contributed by atoms with E-state index in [0.717, 1.165) is 21.5 Å². The summed E-state index contributed by atoms with van der Waals surface area (Å²) in [5, 5.41) is 8.99. The van der Waals surface area contributed by atoms with Crippen molar-refractivity contribution < 1.29 is 14.3 Å². The van der Waals surface area contributed by atoms with Gasteiger partial charge in [0.1, 0.15) is 4.83 Å². The lowest BCUT2D eigenvalue weighted by atomic mass is 10.2. The summed E-state index contributed by atoms with van der Waals surface area (Å²) in [5.41, 5.74) is 1.96. The maximum Gasteiger partial charge on any atom is 0.307 e. The number of aryl methyl sites for hydroxylation is 1. The minimum atomic E-state index is -0.316. The zero-order chi connectivity index (χ0) is 19.4. The van der Waals surface area contributed by atoms with Crippen molar-refractivity contribution in [1.29, 1.82) is 0 Å². The van der Waals surface area contributed by atoms with Crippen molar-refractivity contribution in [2.24, 2.45) is 0 Å². The van der Waals surface area contributed by atoms with Crippen molar-refractivity contribution in [3.63, 3.8) is 0 Å². The molecule has 0 saturated heterocycles. The number of nitrogens with one attached hydrogen (secondary N) is 1. The maximum absolute atomic E-state index is 12.4. The number of fused-ring (bicyclic) bond motifs is 1. The van der Waals surface area contributed by atoms with Gasteiger partial charge in [-0.3, -0.25) is 14.3 Å². The van der Waals surface area contributed by atoms with E-state index in [9.17, 15) is 9.59 Å². The number of amides is 1. The molecule has 8 heteroatoms. The van der Waals surface area contributed by atoms with E-state index in [-0.39, 0.29) is 24.8 Å². The Morgan fingerprint density at radius 3 is 2.74 bits per heavy atom. The third-order valence-electron chi connectivity index (χ3n) is 4.00. The molecule has 0 unspecified atom stereocenters. The molecule has 0 aliphatic heterocycles. The molecule has 3 rings (SSSR count). The largest absolute Gasteiger partial charge is 0.466 e. The van der Waals surface area contributed by atoms with E-state index in [4.69, 9.17) is 16.3 Å². The Morgan fingerprint density at radius 2 is 2.04 bits per heavy atom. The fourth-order valence-corrected chi connectivity index (χ4v) is 3.90. The van der Waals surface area contributed by atoms with Gasteiger partial charge in [-0.2, -0.15) is 5.10 Å². The summed E-state index contributed by atoms with van der Waals surface area (Å²) in [7, 11) is 0. The monoisotopic (exact) mass is 405 g/mol. The van der Waals surface area contributed by atoms with Gasteiger partial charge in [0, 0.05) is 17.0 Å². The summed E-state index contributed by atoms with van der Waals surface area (Å²) >= 11 is 7.33. The summed E-state index contributed by atoms with van der Waals surface area (Å²) in [4.78, 5) is 25.3. The zero-order valence-corrected chi connectivity index (χ0v) is 16.7. The van der Waals surface area contributed by atoms with Crippen LogP contribution in [0, 0.1) is 6.92 Å². The molecule has 2 heterocycles. The van der Waals surface area contributed by atoms with E-state index in [1.807, 2.05) is 41.9 Å². The molecule has 142 valence electrons. The lowest BCUT2D eigenvalue weighted by molar-refractivity contribution is -0.142. The third kappa shape index (κ3) is 4.67. The van der Waals surface area contributed by atoms with Gasteiger partial charge >= 0.3 is 5.97 Å². The normalized spacial score (nSPS) is 10.9. The molecule has 1 aromatic carbocycles. The molecule has 2 aromatic heterocycles. The molecule has 6 nitrogen and oxygen atoms in total. The Hall–Kier alpha value is -2.38. The number of benzene rings is 1. The van der Waals surface area contributed by atoms with Gasteiger partial charge in [-0.15, -0.1) is 11.3 Å². The highest BCUT2D eigenvalue weighted by Crippen LogP contribution is 2.29. The minimum absolute atomic E-state index is 0.161. The predicted molar refractivity (Wildman–Crippen MR) is 106 cm³/mol. The molecular weight excluding hydrogens is 386 g/mol.